The van der Waals surface area contributed by atoms with Gasteiger partial charge in [-0.2, -0.15) is 4.31 Å². The van der Waals surface area contributed by atoms with Gasteiger partial charge in [0, 0.05) is 32.6 Å². The molecule has 0 N–H and O–H groups in total. The number of nitrogens with zero attached hydrogens (tertiary/aromatic N) is 3. The topological polar surface area (TPSA) is 83.7 Å². The van der Waals surface area contributed by atoms with E-state index in [4.69, 9.17) is 4.52 Å². The third kappa shape index (κ3) is 3.92. The first-order valence-electron chi connectivity index (χ1n) is 8.08. The number of aryl methyl sites for hydroxylation is 2. The summed E-state index contributed by atoms with van der Waals surface area (Å²) in [7, 11) is -3.63. The summed E-state index contributed by atoms with van der Waals surface area (Å²) in [6.07, 6.45) is 3.02. The number of hydrogen-bond donors (Lipinski definition) is 0. The summed E-state index contributed by atoms with van der Waals surface area (Å²) in [6.45, 7) is 7.04. The molecule has 1 saturated heterocycles. The van der Waals surface area contributed by atoms with E-state index < -0.39 is 10.0 Å². The van der Waals surface area contributed by atoms with Crippen molar-refractivity contribution in [1.82, 2.24) is 14.4 Å². The molecule has 1 fully saturated rings. The predicted molar refractivity (Wildman–Crippen MR) is 85.5 cm³/mol. The molecule has 0 radical (unpaired) electrons. The van der Waals surface area contributed by atoms with Crippen LogP contribution in [0.4, 0.5) is 0 Å². The molecular weight excluding hydrogens is 318 g/mol. The Hall–Kier alpha value is -1.41. The molecule has 0 aromatic carbocycles. The maximum absolute atomic E-state index is 12.8. The van der Waals surface area contributed by atoms with Crippen molar-refractivity contribution in [3.63, 3.8) is 0 Å². The molecule has 1 aliphatic heterocycles. The van der Waals surface area contributed by atoms with Gasteiger partial charge in [-0.3, -0.25) is 4.79 Å². The van der Waals surface area contributed by atoms with Crippen molar-refractivity contribution in [2.45, 2.75) is 51.3 Å². The molecule has 0 saturated carbocycles. The van der Waals surface area contributed by atoms with Gasteiger partial charge in [-0.15, -0.1) is 0 Å². The largest absolute Gasteiger partial charge is 0.360 e. The first kappa shape index (κ1) is 17.9. The lowest BCUT2D eigenvalue weighted by atomic mass is 10.2. The van der Waals surface area contributed by atoms with Crippen LogP contribution in [0, 0.1) is 13.8 Å². The van der Waals surface area contributed by atoms with Crippen LogP contribution in [0.15, 0.2) is 9.42 Å². The van der Waals surface area contributed by atoms with Crippen LogP contribution in [0.2, 0.25) is 0 Å². The molecule has 0 unspecified atom stereocenters. The zero-order valence-corrected chi connectivity index (χ0v) is 14.9. The highest BCUT2D eigenvalue weighted by molar-refractivity contribution is 7.89. The molecule has 0 bridgehead atoms. The molecule has 0 spiro atoms. The van der Waals surface area contributed by atoms with E-state index in [1.54, 1.807) is 18.7 Å². The first-order valence-corrected chi connectivity index (χ1v) is 9.52. The summed E-state index contributed by atoms with van der Waals surface area (Å²) < 4.78 is 32.1. The van der Waals surface area contributed by atoms with Crippen LogP contribution in [0.1, 0.15) is 44.1 Å². The second-order valence-electron chi connectivity index (χ2n) is 5.90. The standard InChI is InChI=1S/C15H25N3O4S/c1-4-5-7-14(19)17-8-6-9-18(11-10-17)23(20,21)15-12(2)16-22-13(15)3/h4-11H2,1-3H3. The molecule has 130 valence electrons. The highest BCUT2D eigenvalue weighted by atomic mass is 32.2. The Morgan fingerprint density at radius 3 is 2.57 bits per heavy atom. The second kappa shape index (κ2) is 7.44. The number of sulfonamides is 1. The molecule has 23 heavy (non-hydrogen) atoms. The Labute approximate surface area is 137 Å². The summed E-state index contributed by atoms with van der Waals surface area (Å²) in [6, 6.07) is 0. The van der Waals surface area contributed by atoms with Crippen LogP contribution < -0.4 is 0 Å². The molecule has 0 aliphatic carbocycles. The maximum Gasteiger partial charge on any atom is 0.248 e. The number of unbranched alkanes of at least 4 members (excludes halogenated alkanes) is 1. The van der Waals surface area contributed by atoms with E-state index in [2.05, 4.69) is 5.16 Å². The molecule has 8 heteroatoms. The summed E-state index contributed by atoms with van der Waals surface area (Å²) in [5.41, 5.74) is 0.377. The normalized spacial score (nSPS) is 17.3. The fourth-order valence-electron chi connectivity index (χ4n) is 2.84. The Kier molecular flexibility index (Phi) is 5.80. The summed E-state index contributed by atoms with van der Waals surface area (Å²) in [4.78, 5) is 14.1. The number of amides is 1. The molecule has 1 aromatic rings. The zero-order valence-electron chi connectivity index (χ0n) is 14.0. The summed E-state index contributed by atoms with van der Waals surface area (Å²) in [5.74, 6) is 0.422. The van der Waals surface area contributed by atoms with Crippen molar-refractivity contribution in [2.75, 3.05) is 26.2 Å². The number of carbonyl (C=O) groups is 1. The van der Waals surface area contributed by atoms with Crippen LogP contribution >= 0.6 is 0 Å². The van der Waals surface area contributed by atoms with Gasteiger partial charge in [0.25, 0.3) is 0 Å². The Morgan fingerprint density at radius 2 is 1.96 bits per heavy atom. The predicted octanol–water partition coefficient (Wildman–Crippen LogP) is 1.70. The lowest BCUT2D eigenvalue weighted by Gasteiger charge is -2.21. The summed E-state index contributed by atoms with van der Waals surface area (Å²) >= 11 is 0. The van der Waals surface area contributed by atoms with Crippen molar-refractivity contribution < 1.29 is 17.7 Å². The minimum absolute atomic E-state index is 0.114. The molecule has 7 nitrogen and oxygen atoms in total. The van der Waals surface area contributed by atoms with E-state index in [0.29, 0.717) is 50.5 Å². The minimum Gasteiger partial charge on any atom is -0.360 e. The van der Waals surface area contributed by atoms with E-state index >= 15 is 0 Å². The van der Waals surface area contributed by atoms with Crippen LogP contribution in [-0.4, -0.2) is 54.9 Å². The molecule has 2 rings (SSSR count). The van der Waals surface area contributed by atoms with E-state index in [0.717, 1.165) is 12.8 Å². The highest BCUT2D eigenvalue weighted by Gasteiger charge is 2.32. The molecule has 1 amide bonds. The third-order valence-electron chi connectivity index (χ3n) is 4.12. The first-order chi connectivity index (χ1) is 10.9. The third-order valence-corrected chi connectivity index (χ3v) is 6.26. The van der Waals surface area contributed by atoms with Crippen LogP contribution in [0.25, 0.3) is 0 Å². The van der Waals surface area contributed by atoms with Gasteiger partial charge < -0.3 is 9.42 Å². The van der Waals surface area contributed by atoms with Gasteiger partial charge in [-0.05, 0) is 26.7 Å². The van der Waals surface area contributed by atoms with E-state index in [1.807, 2.05) is 6.92 Å². The van der Waals surface area contributed by atoms with Gasteiger partial charge in [0.15, 0.2) is 5.76 Å². The molecule has 2 heterocycles. The van der Waals surface area contributed by atoms with Crippen molar-refractivity contribution in [3.05, 3.63) is 11.5 Å². The zero-order chi connectivity index (χ0) is 17.0. The minimum atomic E-state index is -3.63. The van der Waals surface area contributed by atoms with Crippen molar-refractivity contribution in [1.29, 1.82) is 0 Å². The Bertz CT molecular complexity index is 634. The smallest absolute Gasteiger partial charge is 0.248 e. The average molecular weight is 343 g/mol. The fraction of sp³-hybridized carbons (Fsp3) is 0.733. The van der Waals surface area contributed by atoms with Crippen LogP contribution in [0.3, 0.4) is 0 Å². The van der Waals surface area contributed by atoms with Gasteiger partial charge in [-0.25, -0.2) is 8.42 Å². The number of rotatable bonds is 5. The summed E-state index contributed by atoms with van der Waals surface area (Å²) in [5, 5.41) is 3.73. The molecule has 1 aliphatic rings. The average Bonchev–Trinajstić information content (AvgIpc) is 2.73. The lowest BCUT2D eigenvalue weighted by molar-refractivity contribution is -0.131. The van der Waals surface area contributed by atoms with Gasteiger partial charge in [-0.1, -0.05) is 18.5 Å². The van der Waals surface area contributed by atoms with Gasteiger partial charge in [0.2, 0.25) is 15.9 Å². The van der Waals surface area contributed by atoms with Crippen molar-refractivity contribution in [3.8, 4) is 0 Å². The second-order valence-corrected chi connectivity index (χ2v) is 7.77. The lowest BCUT2D eigenvalue weighted by Crippen LogP contribution is -2.37. The van der Waals surface area contributed by atoms with Crippen LogP contribution in [0.5, 0.6) is 0 Å². The highest BCUT2D eigenvalue weighted by Crippen LogP contribution is 2.24. The Balaban J connectivity index is 2.10. The van der Waals surface area contributed by atoms with Gasteiger partial charge in [0.05, 0.1) is 0 Å². The van der Waals surface area contributed by atoms with Crippen molar-refractivity contribution in [2.24, 2.45) is 0 Å². The van der Waals surface area contributed by atoms with E-state index in [-0.39, 0.29) is 10.8 Å². The molecule has 1 aromatic heterocycles. The number of aromatic nitrogens is 1. The maximum atomic E-state index is 12.8. The van der Waals surface area contributed by atoms with E-state index in [1.165, 1.54) is 4.31 Å². The van der Waals surface area contributed by atoms with Crippen LogP contribution in [-0.2, 0) is 14.8 Å². The van der Waals surface area contributed by atoms with Gasteiger partial charge >= 0.3 is 0 Å². The van der Waals surface area contributed by atoms with Gasteiger partial charge in [0.1, 0.15) is 10.6 Å². The Morgan fingerprint density at radius 1 is 1.22 bits per heavy atom. The molecular formula is C15H25N3O4S. The van der Waals surface area contributed by atoms with Crippen molar-refractivity contribution >= 4 is 15.9 Å². The SMILES string of the molecule is CCCCC(=O)N1CCCN(S(=O)(=O)c2c(C)noc2C)CC1. The number of hydrogen-bond acceptors (Lipinski definition) is 5. The molecule has 0 atom stereocenters. The number of carbonyl (C=O) groups excluding carboxylic acids is 1. The monoisotopic (exact) mass is 343 g/mol. The van der Waals surface area contributed by atoms with E-state index in [9.17, 15) is 13.2 Å². The fourth-order valence-corrected chi connectivity index (χ4v) is 4.60. The quantitative estimate of drug-likeness (QED) is 0.812.